The Bertz CT molecular complexity index is 523. The summed E-state index contributed by atoms with van der Waals surface area (Å²) in [5.74, 6) is 0.760. The predicted octanol–water partition coefficient (Wildman–Crippen LogP) is 3.48. The zero-order valence-electron chi connectivity index (χ0n) is 13.9. The zero-order chi connectivity index (χ0) is 15.5. The molecule has 3 nitrogen and oxygen atoms in total. The number of hydrogen-bond donors (Lipinski definition) is 1. The second kappa shape index (κ2) is 7.14. The molecular formula is C18H28N2OS. The van der Waals surface area contributed by atoms with Crippen molar-refractivity contribution >= 4 is 17.2 Å². The third-order valence-electron chi connectivity index (χ3n) is 5.14. The lowest BCUT2D eigenvalue weighted by molar-refractivity contribution is 0.0922. The molecule has 0 bridgehead atoms. The lowest BCUT2D eigenvalue weighted by Gasteiger charge is -2.35. The molecular weight excluding hydrogens is 292 g/mol. The largest absolute Gasteiger partial charge is 0.352 e. The van der Waals surface area contributed by atoms with Crippen LogP contribution in [-0.2, 0) is 12.8 Å². The second-order valence-electron chi connectivity index (χ2n) is 7.07. The summed E-state index contributed by atoms with van der Waals surface area (Å²) in [5, 5.41) is 5.28. The molecule has 3 rings (SSSR count). The van der Waals surface area contributed by atoms with E-state index in [9.17, 15) is 4.79 Å². The number of aryl methyl sites for hydroxylation is 1. The van der Waals surface area contributed by atoms with Gasteiger partial charge in [0.15, 0.2) is 0 Å². The Morgan fingerprint density at radius 2 is 2.18 bits per heavy atom. The first-order valence-electron chi connectivity index (χ1n) is 8.76. The molecule has 0 spiro atoms. The van der Waals surface area contributed by atoms with Gasteiger partial charge in [0, 0.05) is 29.4 Å². The van der Waals surface area contributed by atoms with Gasteiger partial charge in [-0.3, -0.25) is 4.79 Å². The van der Waals surface area contributed by atoms with Crippen LogP contribution in [0.3, 0.4) is 0 Å². The van der Waals surface area contributed by atoms with Crippen molar-refractivity contribution in [2.24, 2.45) is 5.92 Å². The van der Waals surface area contributed by atoms with Crippen molar-refractivity contribution in [2.75, 3.05) is 19.6 Å². The third kappa shape index (κ3) is 3.54. The van der Waals surface area contributed by atoms with E-state index in [0.717, 1.165) is 25.1 Å². The summed E-state index contributed by atoms with van der Waals surface area (Å²) in [6.45, 7) is 7.68. The number of amides is 1. The van der Waals surface area contributed by atoms with Crippen LogP contribution in [0.5, 0.6) is 0 Å². The molecule has 1 atom stereocenters. The molecule has 1 unspecified atom stereocenters. The summed E-state index contributed by atoms with van der Waals surface area (Å²) < 4.78 is 0. The van der Waals surface area contributed by atoms with Crippen molar-refractivity contribution in [1.82, 2.24) is 10.2 Å². The molecule has 1 saturated heterocycles. The fourth-order valence-corrected chi connectivity index (χ4v) is 4.88. The monoisotopic (exact) mass is 320 g/mol. The summed E-state index contributed by atoms with van der Waals surface area (Å²) >= 11 is 1.78. The average Bonchev–Trinajstić information content (AvgIpc) is 2.97. The van der Waals surface area contributed by atoms with Crippen LogP contribution in [-0.4, -0.2) is 36.5 Å². The number of carbonyl (C=O) groups excluding carboxylic acids is 1. The van der Waals surface area contributed by atoms with Crippen molar-refractivity contribution < 1.29 is 4.79 Å². The molecule has 2 heterocycles. The molecule has 22 heavy (non-hydrogen) atoms. The van der Waals surface area contributed by atoms with Crippen LogP contribution in [0.2, 0.25) is 0 Å². The molecule has 0 radical (unpaired) electrons. The molecule has 1 amide bonds. The van der Waals surface area contributed by atoms with Gasteiger partial charge in [0.1, 0.15) is 0 Å². The van der Waals surface area contributed by atoms with Crippen LogP contribution >= 0.6 is 11.3 Å². The molecule has 1 fully saturated rings. The minimum absolute atomic E-state index is 0.154. The van der Waals surface area contributed by atoms with Gasteiger partial charge in [-0.05, 0) is 70.4 Å². The van der Waals surface area contributed by atoms with E-state index in [0.29, 0.717) is 12.0 Å². The maximum atomic E-state index is 12.5. The Labute approximate surface area is 138 Å². The van der Waals surface area contributed by atoms with Gasteiger partial charge < -0.3 is 10.2 Å². The van der Waals surface area contributed by atoms with Crippen molar-refractivity contribution in [3.63, 3.8) is 0 Å². The van der Waals surface area contributed by atoms with Crippen molar-refractivity contribution in [3.05, 3.63) is 21.4 Å². The van der Waals surface area contributed by atoms with E-state index in [-0.39, 0.29) is 5.91 Å². The lowest BCUT2D eigenvalue weighted by Crippen LogP contribution is -2.43. The van der Waals surface area contributed by atoms with Crippen molar-refractivity contribution in [3.8, 4) is 0 Å². The maximum Gasteiger partial charge on any atom is 0.252 e. The summed E-state index contributed by atoms with van der Waals surface area (Å²) in [7, 11) is 0. The molecule has 1 aromatic rings. The van der Waals surface area contributed by atoms with Gasteiger partial charge in [0.05, 0.1) is 5.56 Å². The van der Waals surface area contributed by atoms with Gasteiger partial charge in [-0.2, -0.15) is 0 Å². The van der Waals surface area contributed by atoms with Crippen LogP contribution in [0.15, 0.2) is 5.38 Å². The van der Waals surface area contributed by atoms with E-state index in [4.69, 9.17) is 0 Å². The Hall–Kier alpha value is -0.870. The SMILES string of the molecule is CC(C)N1CCCC(CNC(=O)c2csc3c2CCCC3)C1. The highest BCUT2D eigenvalue weighted by Gasteiger charge is 2.24. The lowest BCUT2D eigenvalue weighted by atomic mass is 9.95. The first-order chi connectivity index (χ1) is 10.6. The van der Waals surface area contributed by atoms with E-state index < -0.39 is 0 Å². The van der Waals surface area contributed by atoms with E-state index in [2.05, 4.69) is 29.4 Å². The number of nitrogens with one attached hydrogen (secondary N) is 1. The third-order valence-corrected chi connectivity index (χ3v) is 6.23. The minimum atomic E-state index is 0.154. The molecule has 1 aliphatic heterocycles. The summed E-state index contributed by atoms with van der Waals surface area (Å²) in [6.07, 6.45) is 7.26. The Balaban J connectivity index is 1.55. The van der Waals surface area contributed by atoms with Crippen LogP contribution < -0.4 is 5.32 Å². The fraction of sp³-hybridized carbons (Fsp3) is 0.722. The van der Waals surface area contributed by atoms with Gasteiger partial charge in [-0.15, -0.1) is 11.3 Å². The van der Waals surface area contributed by atoms with Gasteiger partial charge in [-0.25, -0.2) is 0 Å². The van der Waals surface area contributed by atoms with E-state index in [1.807, 2.05) is 0 Å². The van der Waals surface area contributed by atoms with Gasteiger partial charge in [0.2, 0.25) is 0 Å². The number of fused-ring (bicyclic) bond motifs is 1. The molecule has 0 saturated carbocycles. The highest BCUT2D eigenvalue weighted by atomic mass is 32.1. The maximum absolute atomic E-state index is 12.5. The fourth-order valence-electron chi connectivity index (χ4n) is 3.75. The number of likely N-dealkylation sites (tertiary alicyclic amines) is 1. The van der Waals surface area contributed by atoms with E-state index >= 15 is 0 Å². The molecule has 0 aromatic carbocycles. The van der Waals surface area contributed by atoms with Crippen molar-refractivity contribution in [2.45, 2.75) is 58.4 Å². The highest BCUT2D eigenvalue weighted by molar-refractivity contribution is 7.10. The first kappa shape index (κ1) is 16.0. The highest BCUT2D eigenvalue weighted by Crippen LogP contribution is 2.30. The van der Waals surface area contributed by atoms with Gasteiger partial charge in [0.25, 0.3) is 5.91 Å². The predicted molar refractivity (Wildman–Crippen MR) is 92.7 cm³/mol. The zero-order valence-corrected chi connectivity index (χ0v) is 14.7. The number of nitrogens with zero attached hydrogens (tertiary/aromatic N) is 1. The molecule has 1 aliphatic carbocycles. The smallest absolute Gasteiger partial charge is 0.252 e. The summed E-state index contributed by atoms with van der Waals surface area (Å²) in [4.78, 5) is 16.5. The molecule has 4 heteroatoms. The Morgan fingerprint density at radius 1 is 1.36 bits per heavy atom. The van der Waals surface area contributed by atoms with Crippen LogP contribution in [0.1, 0.15) is 60.3 Å². The topological polar surface area (TPSA) is 32.3 Å². The number of rotatable bonds is 4. The number of hydrogen-bond acceptors (Lipinski definition) is 3. The Kier molecular flexibility index (Phi) is 5.19. The quantitative estimate of drug-likeness (QED) is 0.921. The van der Waals surface area contributed by atoms with Crippen LogP contribution in [0.4, 0.5) is 0 Å². The average molecular weight is 321 g/mol. The summed E-state index contributed by atoms with van der Waals surface area (Å²) in [6, 6.07) is 0.613. The first-order valence-corrected chi connectivity index (χ1v) is 9.64. The Morgan fingerprint density at radius 3 is 3.00 bits per heavy atom. The van der Waals surface area contributed by atoms with Crippen LogP contribution in [0, 0.1) is 5.92 Å². The standard InChI is InChI=1S/C18H28N2OS/c1-13(2)20-9-5-6-14(11-20)10-19-18(21)16-12-22-17-8-4-3-7-15(16)17/h12-14H,3-11H2,1-2H3,(H,19,21). The van der Waals surface area contributed by atoms with Crippen molar-refractivity contribution in [1.29, 1.82) is 0 Å². The minimum Gasteiger partial charge on any atom is -0.352 e. The number of carbonyl (C=O) groups is 1. The molecule has 122 valence electrons. The summed E-state index contributed by atoms with van der Waals surface area (Å²) in [5.41, 5.74) is 2.29. The molecule has 1 aromatic heterocycles. The normalized spacial score (nSPS) is 22.6. The van der Waals surface area contributed by atoms with Crippen LogP contribution in [0.25, 0.3) is 0 Å². The molecule has 1 N–H and O–H groups in total. The van der Waals surface area contributed by atoms with Gasteiger partial charge in [-0.1, -0.05) is 0 Å². The van der Waals surface area contributed by atoms with E-state index in [1.165, 1.54) is 49.1 Å². The number of piperidine rings is 1. The molecule has 2 aliphatic rings. The second-order valence-corrected chi connectivity index (χ2v) is 8.03. The van der Waals surface area contributed by atoms with Gasteiger partial charge >= 0.3 is 0 Å². The van der Waals surface area contributed by atoms with E-state index in [1.54, 1.807) is 11.3 Å². The number of thiophene rings is 1.